The molecule has 1 aromatic rings. The highest BCUT2D eigenvalue weighted by Gasteiger charge is 2.10. The second kappa shape index (κ2) is 3.70. The Labute approximate surface area is 82.5 Å². The molecule has 0 aliphatic carbocycles. The molecular weight excluding hydrogens is 184 g/mol. The maximum atomic E-state index is 11.1. The number of thiol groups is 1. The lowest BCUT2D eigenvalue weighted by Gasteiger charge is -2.08. The van der Waals surface area contributed by atoms with Crippen LogP contribution in [0.15, 0.2) is 12.1 Å². The van der Waals surface area contributed by atoms with Crippen molar-refractivity contribution in [1.82, 2.24) is 0 Å². The van der Waals surface area contributed by atoms with E-state index in [1.807, 2.05) is 6.92 Å². The molecule has 0 aliphatic heterocycles. The maximum Gasteiger partial charge on any atom is 0.216 e. The summed E-state index contributed by atoms with van der Waals surface area (Å²) in [6.45, 7) is 1.93. The molecule has 70 valence electrons. The van der Waals surface area contributed by atoms with Gasteiger partial charge in [-0.05, 0) is 24.1 Å². The second-order valence-electron chi connectivity index (χ2n) is 2.79. The van der Waals surface area contributed by atoms with E-state index in [-0.39, 0.29) is 5.12 Å². The summed E-state index contributed by atoms with van der Waals surface area (Å²) in [4.78, 5) is 11.1. The largest absolute Gasteiger partial charge is 0.399 e. The average molecular weight is 196 g/mol. The maximum absolute atomic E-state index is 11.1. The highest BCUT2D eigenvalue weighted by atomic mass is 32.1. The Hall–Kier alpha value is -1.16. The molecule has 0 saturated heterocycles. The highest BCUT2D eigenvalue weighted by molar-refractivity contribution is 7.97. The first-order valence-corrected chi connectivity index (χ1v) is 4.42. The van der Waals surface area contributed by atoms with Crippen molar-refractivity contribution in [3.8, 4) is 0 Å². The SMILES string of the molecule is CCc1c(N)cc(N)cc1C(=O)S. The molecule has 0 atom stereocenters. The third-order valence-corrected chi connectivity index (χ3v) is 2.13. The molecule has 0 aliphatic rings. The minimum atomic E-state index is -0.296. The van der Waals surface area contributed by atoms with E-state index in [2.05, 4.69) is 12.6 Å². The standard InChI is InChI=1S/C9H12N2OS/c1-2-6-7(9(12)13)3-5(10)4-8(6)11/h3-4H,2,10-11H2,1H3,(H,12,13). The molecule has 4 heteroatoms. The van der Waals surface area contributed by atoms with Crippen LogP contribution in [0.5, 0.6) is 0 Å². The van der Waals surface area contributed by atoms with Crippen LogP contribution in [0.4, 0.5) is 11.4 Å². The molecular formula is C9H12N2OS. The molecule has 0 bridgehead atoms. The lowest BCUT2D eigenvalue weighted by molar-refractivity contribution is 0.109. The topological polar surface area (TPSA) is 69.1 Å². The van der Waals surface area contributed by atoms with Crippen LogP contribution in [-0.2, 0) is 6.42 Å². The van der Waals surface area contributed by atoms with Crippen LogP contribution in [0.1, 0.15) is 22.8 Å². The first-order valence-electron chi connectivity index (χ1n) is 3.97. The van der Waals surface area contributed by atoms with Gasteiger partial charge in [0.1, 0.15) is 0 Å². The molecule has 1 aromatic carbocycles. The van der Waals surface area contributed by atoms with E-state index in [1.54, 1.807) is 12.1 Å². The van der Waals surface area contributed by atoms with Crippen LogP contribution >= 0.6 is 12.6 Å². The summed E-state index contributed by atoms with van der Waals surface area (Å²) in [5.41, 5.74) is 13.6. The fourth-order valence-electron chi connectivity index (χ4n) is 1.30. The van der Waals surface area contributed by atoms with Crippen molar-refractivity contribution in [1.29, 1.82) is 0 Å². The quantitative estimate of drug-likeness (QED) is 0.495. The van der Waals surface area contributed by atoms with Gasteiger partial charge in [-0.2, -0.15) is 0 Å². The van der Waals surface area contributed by atoms with Crippen LogP contribution in [0.2, 0.25) is 0 Å². The minimum absolute atomic E-state index is 0.296. The van der Waals surface area contributed by atoms with Crippen LogP contribution in [0.3, 0.4) is 0 Å². The molecule has 0 radical (unpaired) electrons. The number of carbonyl (C=O) groups excluding carboxylic acids is 1. The first-order chi connectivity index (χ1) is 6.06. The number of benzene rings is 1. The van der Waals surface area contributed by atoms with E-state index in [0.29, 0.717) is 23.4 Å². The van der Waals surface area contributed by atoms with Crippen molar-refractivity contribution in [2.45, 2.75) is 13.3 Å². The van der Waals surface area contributed by atoms with Gasteiger partial charge in [0.05, 0.1) is 0 Å². The number of nitrogen functional groups attached to an aromatic ring is 2. The second-order valence-corrected chi connectivity index (χ2v) is 3.20. The van der Waals surface area contributed by atoms with Crippen LogP contribution < -0.4 is 11.5 Å². The molecule has 4 N–H and O–H groups in total. The van der Waals surface area contributed by atoms with Crippen LogP contribution in [-0.4, -0.2) is 5.12 Å². The predicted octanol–water partition coefficient (Wildman–Crippen LogP) is 1.48. The zero-order valence-corrected chi connectivity index (χ0v) is 8.27. The van der Waals surface area contributed by atoms with Gasteiger partial charge in [0.15, 0.2) is 0 Å². The molecule has 0 amide bonds. The van der Waals surface area contributed by atoms with Gasteiger partial charge in [0.2, 0.25) is 5.12 Å². The summed E-state index contributed by atoms with van der Waals surface area (Å²) >= 11 is 3.76. The van der Waals surface area contributed by atoms with Gasteiger partial charge in [-0.15, -0.1) is 12.6 Å². The molecule has 0 heterocycles. The third-order valence-electron chi connectivity index (χ3n) is 1.89. The third kappa shape index (κ3) is 1.95. The molecule has 0 aromatic heterocycles. The van der Waals surface area contributed by atoms with Gasteiger partial charge in [-0.25, -0.2) is 0 Å². The van der Waals surface area contributed by atoms with Gasteiger partial charge >= 0.3 is 0 Å². The normalized spacial score (nSPS) is 10.0. The molecule has 1 rings (SSSR count). The minimum Gasteiger partial charge on any atom is -0.399 e. The van der Waals surface area contributed by atoms with Crippen molar-refractivity contribution >= 4 is 29.1 Å². The Morgan fingerprint density at radius 3 is 2.54 bits per heavy atom. The Morgan fingerprint density at radius 2 is 2.08 bits per heavy atom. The predicted molar refractivity (Wildman–Crippen MR) is 58.0 cm³/mol. The van der Waals surface area contributed by atoms with Crippen LogP contribution in [0.25, 0.3) is 0 Å². The summed E-state index contributed by atoms with van der Waals surface area (Å²) in [7, 11) is 0. The number of nitrogens with two attached hydrogens (primary N) is 2. The molecule has 0 spiro atoms. The van der Waals surface area contributed by atoms with Crippen molar-refractivity contribution in [3.05, 3.63) is 23.3 Å². The van der Waals surface area contributed by atoms with E-state index < -0.39 is 0 Å². The summed E-state index contributed by atoms with van der Waals surface area (Å²) in [6.07, 6.45) is 0.702. The lowest BCUT2D eigenvalue weighted by atomic mass is 10.0. The number of anilines is 2. The van der Waals surface area contributed by atoms with Gasteiger partial charge in [0, 0.05) is 16.9 Å². The number of hydrogen-bond acceptors (Lipinski definition) is 3. The molecule has 0 fully saturated rings. The van der Waals surface area contributed by atoms with Gasteiger partial charge in [0.25, 0.3) is 0 Å². The van der Waals surface area contributed by atoms with Crippen LogP contribution in [0, 0.1) is 0 Å². The number of hydrogen-bond donors (Lipinski definition) is 3. The van der Waals surface area contributed by atoms with Crippen molar-refractivity contribution in [2.75, 3.05) is 11.5 Å². The zero-order chi connectivity index (χ0) is 10.0. The van der Waals surface area contributed by atoms with E-state index in [9.17, 15) is 4.79 Å². The van der Waals surface area contributed by atoms with E-state index in [0.717, 1.165) is 5.56 Å². The summed E-state index contributed by atoms with van der Waals surface area (Å²) in [5.74, 6) is 0. The van der Waals surface area contributed by atoms with Crippen molar-refractivity contribution < 1.29 is 4.79 Å². The molecule has 3 nitrogen and oxygen atoms in total. The lowest BCUT2D eigenvalue weighted by Crippen LogP contribution is -2.03. The highest BCUT2D eigenvalue weighted by Crippen LogP contribution is 2.23. The summed E-state index contributed by atoms with van der Waals surface area (Å²) in [5, 5.41) is -0.296. The monoisotopic (exact) mass is 196 g/mol. The summed E-state index contributed by atoms with van der Waals surface area (Å²) < 4.78 is 0. The molecule has 13 heavy (non-hydrogen) atoms. The smallest absolute Gasteiger partial charge is 0.216 e. The van der Waals surface area contributed by atoms with Gasteiger partial charge in [-0.1, -0.05) is 6.92 Å². The first kappa shape index (κ1) is 9.92. The fraction of sp³-hybridized carbons (Fsp3) is 0.222. The van der Waals surface area contributed by atoms with E-state index in [4.69, 9.17) is 11.5 Å². The Balaban J connectivity index is 3.38. The average Bonchev–Trinajstić information content (AvgIpc) is 2.02. The van der Waals surface area contributed by atoms with Gasteiger partial charge in [-0.3, -0.25) is 4.79 Å². The van der Waals surface area contributed by atoms with E-state index >= 15 is 0 Å². The van der Waals surface area contributed by atoms with E-state index in [1.165, 1.54) is 0 Å². The number of carbonyl (C=O) groups is 1. The zero-order valence-electron chi connectivity index (χ0n) is 7.37. The Bertz CT molecular complexity index is 350. The van der Waals surface area contributed by atoms with Crippen molar-refractivity contribution in [2.24, 2.45) is 0 Å². The Morgan fingerprint density at radius 1 is 1.46 bits per heavy atom. The van der Waals surface area contributed by atoms with Gasteiger partial charge < -0.3 is 11.5 Å². The van der Waals surface area contributed by atoms with Crippen molar-refractivity contribution in [3.63, 3.8) is 0 Å². The number of rotatable bonds is 2. The summed E-state index contributed by atoms with van der Waals surface area (Å²) in [6, 6.07) is 3.25. The Kier molecular flexibility index (Phi) is 2.83. The fourth-order valence-corrected chi connectivity index (χ4v) is 1.50. The molecule has 0 saturated carbocycles. The molecule has 0 unspecified atom stereocenters.